The van der Waals surface area contributed by atoms with Crippen LogP contribution in [0.15, 0.2) is 24.3 Å². The Morgan fingerprint density at radius 2 is 1.74 bits per heavy atom. The van der Waals surface area contributed by atoms with Crippen molar-refractivity contribution in [1.82, 2.24) is 0 Å². The molecule has 0 aliphatic heterocycles. The molecule has 2 rings (SSSR count). The third-order valence-electron chi connectivity index (χ3n) is 3.79. The summed E-state index contributed by atoms with van der Waals surface area (Å²) < 4.78 is 11.0. The quantitative estimate of drug-likeness (QED) is 0.828. The van der Waals surface area contributed by atoms with Crippen LogP contribution in [0.3, 0.4) is 0 Å². The van der Waals surface area contributed by atoms with Crippen LogP contribution in [0.4, 0.5) is 0 Å². The number of aliphatic hydroxyl groups excluding tert-OH is 1. The Hall–Kier alpha value is -1.06. The summed E-state index contributed by atoms with van der Waals surface area (Å²) in [5.74, 6) is 0.806. The summed E-state index contributed by atoms with van der Waals surface area (Å²) in [5, 5.41) is 10.1. The topological polar surface area (TPSA) is 38.7 Å². The molecule has 1 aromatic carbocycles. The summed E-state index contributed by atoms with van der Waals surface area (Å²) in [6, 6.07) is 7.51. The minimum absolute atomic E-state index is 0.329. The number of hydrogen-bond acceptors (Lipinski definition) is 3. The van der Waals surface area contributed by atoms with Crippen molar-refractivity contribution in [3.63, 3.8) is 0 Å². The first-order valence-electron chi connectivity index (χ1n) is 7.23. The average molecular weight is 264 g/mol. The Bertz CT molecular complexity index is 353. The van der Waals surface area contributed by atoms with E-state index in [2.05, 4.69) is 0 Å². The van der Waals surface area contributed by atoms with E-state index in [0.29, 0.717) is 12.7 Å². The average Bonchev–Trinajstić information content (AvgIpc) is 2.73. The molecule has 0 spiro atoms. The van der Waals surface area contributed by atoms with Crippen molar-refractivity contribution in [2.24, 2.45) is 0 Å². The molecular weight excluding hydrogens is 240 g/mol. The molecule has 1 atom stereocenters. The Kier molecular flexibility index (Phi) is 5.67. The maximum absolute atomic E-state index is 10.1. The first-order valence-corrected chi connectivity index (χ1v) is 7.23. The minimum Gasteiger partial charge on any atom is -0.497 e. The van der Waals surface area contributed by atoms with Crippen molar-refractivity contribution in [3.8, 4) is 5.75 Å². The van der Waals surface area contributed by atoms with Crippen molar-refractivity contribution in [2.75, 3.05) is 13.7 Å². The van der Waals surface area contributed by atoms with Crippen LogP contribution in [0.5, 0.6) is 5.75 Å². The number of benzene rings is 1. The van der Waals surface area contributed by atoms with E-state index in [4.69, 9.17) is 9.47 Å². The van der Waals surface area contributed by atoms with Gasteiger partial charge < -0.3 is 14.6 Å². The third kappa shape index (κ3) is 4.51. The van der Waals surface area contributed by atoms with Gasteiger partial charge in [-0.15, -0.1) is 0 Å². The minimum atomic E-state index is -0.547. The van der Waals surface area contributed by atoms with Gasteiger partial charge in [-0.2, -0.15) is 0 Å². The monoisotopic (exact) mass is 264 g/mol. The zero-order chi connectivity index (χ0) is 13.5. The van der Waals surface area contributed by atoms with E-state index in [9.17, 15) is 5.11 Å². The summed E-state index contributed by atoms with van der Waals surface area (Å²) in [4.78, 5) is 0. The predicted molar refractivity (Wildman–Crippen MR) is 75.4 cm³/mol. The van der Waals surface area contributed by atoms with Gasteiger partial charge in [-0.1, -0.05) is 37.8 Å². The van der Waals surface area contributed by atoms with Crippen LogP contribution >= 0.6 is 0 Å². The highest BCUT2D eigenvalue weighted by atomic mass is 16.5. The summed E-state index contributed by atoms with van der Waals surface area (Å²) in [7, 11) is 1.64. The summed E-state index contributed by atoms with van der Waals surface area (Å²) >= 11 is 0. The lowest BCUT2D eigenvalue weighted by molar-refractivity contribution is -0.0159. The lowest BCUT2D eigenvalue weighted by Crippen LogP contribution is -2.16. The molecule has 1 unspecified atom stereocenters. The zero-order valence-electron chi connectivity index (χ0n) is 11.7. The van der Waals surface area contributed by atoms with Gasteiger partial charge in [-0.3, -0.25) is 0 Å². The number of rotatable bonds is 5. The van der Waals surface area contributed by atoms with Gasteiger partial charge in [0.2, 0.25) is 0 Å². The van der Waals surface area contributed by atoms with E-state index in [1.54, 1.807) is 7.11 Å². The lowest BCUT2D eigenvalue weighted by Gasteiger charge is -2.18. The molecule has 1 saturated carbocycles. The number of hydrogen-bond donors (Lipinski definition) is 1. The molecule has 1 N–H and O–H groups in total. The summed E-state index contributed by atoms with van der Waals surface area (Å²) in [6.07, 6.45) is 7.20. The molecule has 0 amide bonds. The molecule has 3 heteroatoms. The fourth-order valence-corrected chi connectivity index (χ4v) is 2.56. The van der Waals surface area contributed by atoms with Gasteiger partial charge in [-0.05, 0) is 30.5 Å². The van der Waals surface area contributed by atoms with Gasteiger partial charge in [0, 0.05) is 0 Å². The zero-order valence-corrected chi connectivity index (χ0v) is 11.7. The fourth-order valence-electron chi connectivity index (χ4n) is 2.56. The highest BCUT2D eigenvalue weighted by molar-refractivity contribution is 5.28. The van der Waals surface area contributed by atoms with E-state index >= 15 is 0 Å². The van der Waals surface area contributed by atoms with Gasteiger partial charge >= 0.3 is 0 Å². The highest BCUT2D eigenvalue weighted by Crippen LogP contribution is 2.22. The van der Waals surface area contributed by atoms with Gasteiger partial charge in [0.1, 0.15) is 11.9 Å². The summed E-state index contributed by atoms with van der Waals surface area (Å²) in [5.41, 5.74) is 0.884. The van der Waals surface area contributed by atoms with Crippen molar-refractivity contribution >= 4 is 0 Å². The van der Waals surface area contributed by atoms with Crippen LogP contribution in [0, 0.1) is 0 Å². The Labute approximate surface area is 115 Å². The molecule has 1 aliphatic rings. The lowest BCUT2D eigenvalue weighted by atomic mass is 10.1. The van der Waals surface area contributed by atoms with Gasteiger partial charge in [0.05, 0.1) is 19.8 Å². The first-order chi connectivity index (χ1) is 9.29. The molecular formula is C16H24O3. The smallest absolute Gasteiger partial charge is 0.118 e. The van der Waals surface area contributed by atoms with E-state index in [0.717, 1.165) is 24.2 Å². The molecule has 1 fully saturated rings. The first kappa shape index (κ1) is 14.4. The van der Waals surface area contributed by atoms with Gasteiger partial charge in [0.25, 0.3) is 0 Å². The van der Waals surface area contributed by atoms with Crippen LogP contribution in [-0.2, 0) is 4.74 Å². The highest BCUT2D eigenvalue weighted by Gasteiger charge is 2.15. The van der Waals surface area contributed by atoms with Crippen LogP contribution in [0.2, 0.25) is 0 Å². The fraction of sp³-hybridized carbons (Fsp3) is 0.625. The Balaban J connectivity index is 1.80. The molecule has 1 aromatic rings. The second kappa shape index (κ2) is 7.51. The molecule has 1 aliphatic carbocycles. The number of aliphatic hydroxyl groups is 1. The van der Waals surface area contributed by atoms with E-state index in [-0.39, 0.29) is 0 Å². The van der Waals surface area contributed by atoms with E-state index < -0.39 is 6.10 Å². The van der Waals surface area contributed by atoms with Crippen molar-refractivity contribution in [3.05, 3.63) is 29.8 Å². The molecule has 0 saturated heterocycles. The Morgan fingerprint density at radius 3 is 2.32 bits per heavy atom. The van der Waals surface area contributed by atoms with E-state index in [1.807, 2.05) is 24.3 Å². The normalized spacial score (nSPS) is 18.8. The molecule has 0 heterocycles. The van der Waals surface area contributed by atoms with Crippen molar-refractivity contribution in [2.45, 2.75) is 50.7 Å². The Morgan fingerprint density at radius 1 is 1.11 bits per heavy atom. The summed E-state index contributed by atoms with van der Waals surface area (Å²) in [6.45, 7) is 0.386. The maximum atomic E-state index is 10.1. The SMILES string of the molecule is COc1ccc(C(O)COC2CCCCCC2)cc1. The van der Waals surface area contributed by atoms with Crippen LogP contribution in [-0.4, -0.2) is 24.9 Å². The van der Waals surface area contributed by atoms with Gasteiger partial charge in [-0.25, -0.2) is 0 Å². The van der Waals surface area contributed by atoms with E-state index in [1.165, 1.54) is 25.7 Å². The van der Waals surface area contributed by atoms with Crippen LogP contribution < -0.4 is 4.74 Å². The molecule has 19 heavy (non-hydrogen) atoms. The molecule has 106 valence electrons. The van der Waals surface area contributed by atoms with Crippen LogP contribution in [0.1, 0.15) is 50.2 Å². The second-order valence-corrected chi connectivity index (χ2v) is 5.24. The molecule has 0 radical (unpaired) electrons. The molecule has 0 aromatic heterocycles. The number of ether oxygens (including phenoxy) is 2. The van der Waals surface area contributed by atoms with Crippen molar-refractivity contribution in [1.29, 1.82) is 0 Å². The molecule has 3 nitrogen and oxygen atoms in total. The largest absolute Gasteiger partial charge is 0.497 e. The van der Waals surface area contributed by atoms with Crippen LogP contribution in [0.25, 0.3) is 0 Å². The third-order valence-corrected chi connectivity index (χ3v) is 3.79. The van der Waals surface area contributed by atoms with Gasteiger partial charge in [0.15, 0.2) is 0 Å². The van der Waals surface area contributed by atoms with Crippen molar-refractivity contribution < 1.29 is 14.6 Å². The second-order valence-electron chi connectivity index (χ2n) is 5.24. The number of methoxy groups -OCH3 is 1. The molecule has 0 bridgehead atoms. The maximum Gasteiger partial charge on any atom is 0.118 e. The predicted octanol–water partition coefficient (Wildman–Crippen LogP) is 3.47. The standard InChI is InChI=1S/C16H24O3/c1-18-14-10-8-13(9-11-14)16(17)12-19-15-6-4-2-3-5-7-15/h8-11,15-17H,2-7,12H2,1H3.